The van der Waals surface area contributed by atoms with Gasteiger partial charge in [-0.05, 0) is 39.5 Å². The summed E-state index contributed by atoms with van der Waals surface area (Å²) in [6, 6.07) is 0. The first kappa shape index (κ1) is 20.4. The van der Waals surface area contributed by atoms with E-state index in [0.29, 0.717) is 6.42 Å². The van der Waals surface area contributed by atoms with Gasteiger partial charge in [0.05, 0.1) is 17.6 Å². The molecule has 1 aliphatic heterocycles. The summed E-state index contributed by atoms with van der Waals surface area (Å²) >= 11 is 0. The highest BCUT2D eigenvalue weighted by atomic mass is 16.7. The third kappa shape index (κ3) is 6.08. The zero-order valence-corrected chi connectivity index (χ0v) is 16.1. The number of ether oxygens (including phenoxy) is 3. The van der Waals surface area contributed by atoms with Gasteiger partial charge in [-0.2, -0.15) is 0 Å². The predicted octanol–water partition coefficient (Wildman–Crippen LogP) is 3.59. The zero-order chi connectivity index (χ0) is 18.5. The minimum atomic E-state index is -0.549. The normalized spacial score (nSPS) is 28.2. The van der Waals surface area contributed by atoms with Gasteiger partial charge in [0.1, 0.15) is 6.61 Å². The fraction of sp³-hybridized carbons (Fsp3) is 0.850. The van der Waals surface area contributed by atoms with Gasteiger partial charge in [0.2, 0.25) is 0 Å². The van der Waals surface area contributed by atoms with Crippen LogP contribution < -0.4 is 0 Å². The number of carbonyl (C=O) groups excluding carboxylic acids is 1. The van der Waals surface area contributed by atoms with Crippen molar-refractivity contribution in [2.75, 3.05) is 13.2 Å². The zero-order valence-electron chi connectivity index (χ0n) is 16.1. The molecule has 1 aliphatic carbocycles. The van der Waals surface area contributed by atoms with Gasteiger partial charge in [-0.3, -0.25) is 4.79 Å². The number of rotatable bonds is 5. The summed E-state index contributed by atoms with van der Waals surface area (Å²) in [5, 5.41) is 9.21. The molecule has 0 amide bonds. The minimum Gasteiger partial charge on any atom is -0.463 e. The first-order valence-corrected chi connectivity index (χ1v) is 9.56. The molecule has 0 aromatic rings. The van der Waals surface area contributed by atoms with E-state index in [-0.39, 0.29) is 37.3 Å². The van der Waals surface area contributed by atoms with Crippen LogP contribution in [-0.2, 0) is 19.0 Å². The van der Waals surface area contributed by atoms with Crippen molar-refractivity contribution in [3.05, 3.63) is 12.2 Å². The molecule has 0 unspecified atom stereocenters. The molecular formula is C20H34O5. The van der Waals surface area contributed by atoms with E-state index in [2.05, 4.69) is 0 Å². The summed E-state index contributed by atoms with van der Waals surface area (Å²) in [5.41, 5.74) is -0.510. The standard InChI is InChI=1S/C20H34O5/c1-15(13-21)8-9-16-12-17(14-23-18(22)19(2,3)4)25-20(24-16)10-6-5-7-11-20/h8-9,15-17,21H,5-7,10-14H2,1-4H3/t15-,16+,17+/m1/s1. The number of carbonyl (C=O) groups is 1. The lowest BCUT2D eigenvalue weighted by atomic mass is 9.92. The smallest absolute Gasteiger partial charge is 0.311 e. The van der Waals surface area contributed by atoms with Gasteiger partial charge in [0.15, 0.2) is 5.79 Å². The maximum Gasteiger partial charge on any atom is 0.311 e. The van der Waals surface area contributed by atoms with Crippen LogP contribution >= 0.6 is 0 Å². The first-order valence-electron chi connectivity index (χ1n) is 9.56. The quantitative estimate of drug-likeness (QED) is 0.604. The first-order chi connectivity index (χ1) is 11.7. The number of aliphatic hydroxyl groups is 1. The van der Waals surface area contributed by atoms with Crippen molar-refractivity contribution in [3.8, 4) is 0 Å². The second-order valence-electron chi connectivity index (χ2n) is 8.50. The van der Waals surface area contributed by atoms with Gasteiger partial charge < -0.3 is 19.3 Å². The molecule has 144 valence electrons. The Kier molecular flexibility index (Phi) is 7.06. The van der Waals surface area contributed by atoms with Crippen molar-refractivity contribution >= 4 is 5.97 Å². The van der Waals surface area contributed by atoms with Crippen molar-refractivity contribution in [2.24, 2.45) is 11.3 Å². The molecule has 25 heavy (non-hydrogen) atoms. The van der Waals surface area contributed by atoms with E-state index in [4.69, 9.17) is 14.2 Å². The molecule has 1 saturated heterocycles. The van der Waals surface area contributed by atoms with Crippen LogP contribution in [0, 0.1) is 11.3 Å². The summed E-state index contributed by atoms with van der Waals surface area (Å²) in [5.74, 6) is -0.653. The molecule has 5 nitrogen and oxygen atoms in total. The van der Waals surface area contributed by atoms with Crippen LogP contribution in [0.4, 0.5) is 0 Å². The maximum absolute atomic E-state index is 12.1. The van der Waals surface area contributed by atoms with Crippen LogP contribution in [-0.4, -0.2) is 42.3 Å². The summed E-state index contributed by atoms with van der Waals surface area (Å²) in [6.45, 7) is 7.91. The molecule has 0 radical (unpaired) electrons. The fourth-order valence-electron chi connectivity index (χ4n) is 3.27. The summed E-state index contributed by atoms with van der Waals surface area (Å²) in [7, 11) is 0. The van der Waals surface area contributed by atoms with Crippen LogP contribution in [0.1, 0.15) is 66.2 Å². The second-order valence-corrected chi connectivity index (χ2v) is 8.50. The highest BCUT2D eigenvalue weighted by Gasteiger charge is 2.43. The van der Waals surface area contributed by atoms with E-state index in [1.54, 1.807) is 0 Å². The molecule has 1 heterocycles. The van der Waals surface area contributed by atoms with Crippen molar-refractivity contribution in [3.63, 3.8) is 0 Å². The lowest BCUT2D eigenvalue weighted by Crippen LogP contribution is -2.50. The molecule has 3 atom stereocenters. The van der Waals surface area contributed by atoms with Gasteiger partial charge >= 0.3 is 5.97 Å². The van der Waals surface area contributed by atoms with E-state index in [1.165, 1.54) is 6.42 Å². The number of esters is 1. The Morgan fingerprint density at radius 3 is 2.56 bits per heavy atom. The lowest BCUT2D eigenvalue weighted by Gasteiger charge is -2.46. The molecule has 0 bridgehead atoms. The van der Waals surface area contributed by atoms with Gasteiger partial charge in [0.25, 0.3) is 0 Å². The van der Waals surface area contributed by atoms with E-state index in [0.717, 1.165) is 25.7 Å². The van der Waals surface area contributed by atoms with Gasteiger partial charge in [-0.25, -0.2) is 0 Å². The molecule has 0 aromatic heterocycles. The Hall–Kier alpha value is -0.910. The number of hydrogen-bond donors (Lipinski definition) is 1. The van der Waals surface area contributed by atoms with Crippen LogP contribution in [0.3, 0.4) is 0 Å². The molecule has 0 aromatic carbocycles. The van der Waals surface area contributed by atoms with Crippen molar-refractivity contribution < 1.29 is 24.1 Å². The topological polar surface area (TPSA) is 65.0 Å². The lowest BCUT2D eigenvalue weighted by molar-refractivity contribution is -0.324. The average Bonchev–Trinajstić information content (AvgIpc) is 2.57. The Morgan fingerprint density at radius 1 is 1.28 bits per heavy atom. The van der Waals surface area contributed by atoms with Gasteiger partial charge in [-0.1, -0.05) is 25.5 Å². The van der Waals surface area contributed by atoms with Gasteiger partial charge in [0, 0.05) is 25.9 Å². The molecule has 2 aliphatic rings. The third-order valence-corrected chi connectivity index (χ3v) is 4.81. The van der Waals surface area contributed by atoms with Crippen molar-refractivity contribution in [1.29, 1.82) is 0 Å². The summed E-state index contributed by atoms with van der Waals surface area (Å²) in [4.78, 5) is 12.1. The summed E-state index contributed by atoms with van der Waals surface area (Å²) in [6.07, 6.45) is 9.62. The summed E-state index contributed by atoms with van der Waals surface area (Å²) < 4.78 is 18.0. The van der Waals surface area contributed by atoms with E-state index < -0.39 is 11.2 Å². The number of hydrogen-bond acceptors (Lipinski definition) is 5. The van der Waals surface area contributed by atoms with Crippen LogP contribution in [0.25, 0.3) is 0 Å². The minimum absolute atomic E-state index is 0.0702. The third-order valence-electron chi connectivity index (χ3n) is 4.81. The maximum atomic E-state index is 12.1. The van der Waals surface area contributed by atoms with Gasteiger partial charge in [-0.15, -0.1) is 0 Å². The Morgan fingerprint density at radius 2 is 1.96 bits per heavy atom. The van der Waals surface area contributed by atoms with Crippen LogP contribution in [0.2, 0.25) is 0 Å². The van der Waals surface area contributed by atoms with Crippen molar-refractivity contribution in [1.82, 2.24) is 0 Å². The van der Waals surface area contributed by atoms with E-state index in [9.17, 15) is 9.90 Å². The highest BCUT2D eigenvalue weighted by Crippen LogP contribution is 2.39. The molecule has 1 N–H and O–H groups in total. The average molecular weight is 354 g/mol. The van der Waals surface area contributed by atoms with Crippen LogP contribution in [0.15, 0.2) is 12.2 Å². The largest absolute Gasteiger partial charge is 0.463 e. The number of aliphatic hydroxyl groups excluding tert-OH is 1. The Labute approximate surface area is 151 Å². The second kappa shape index (κ2) is 8.65. The molecule has 1 saturated carbocycles. The molecule has 1 spiro atoms. The van der Waals surface area contributed by atoms with Crippen molar-refractivity contribution in [2.45, 2.75) is 84.2 Å². The fourth-order valence-corrected chi connectivity index (χ4v) is 3.27. The van der Waals surface area contributed by atoms with E-state index >= 15 is 0 Å². The molecular weight excluding hydrogens is 320 g/mol. The Balaban J connectivity index is 2.02. The Bertz CT molecular complexity index is 459. The monoisotopic (exact) mass is 354 g/mol. The van der Waals surface area contributed by atoms with Crippen LogP contribution in [0.5, 0.6) is 0 Å². The molecule has 5 heteroatoms. The highest BCUT2D eigenvalue weighted by molar-refractivity contribution is 5.75. The predicted molar refractivity (Wildman–Crippen MR) is 96.0 cm³/mol. The molecule has 2 fully saturated rings. The SMILES string of the molecule is C[C@H](C=C[C@H]1C[C@@H](COC(=O)C(C)(C)C)OC2(CCCCC2)O1)CO. The molecule has 2 rings (SSSR count). The van der Waals surface area contributed by atoms with E-state index in [1.807, 2.05) is 39.8 Å².